The monoisotopic (exact) mass is 379 g/mol. The van der Waals surface area contributed by atoms with Gasteiger partial charge < -0.3 is 4.74 Å². The third-order valence-corrected chi connectivity index (χ3v) is 5.65. The van der Waals surface area contributed by atoms with Gasteiger partial charge in [-0.2, -0.15) is 0 Å². The van der Waals surface area contributed by atoms with E-state index >= 15 is 0 Å². The van der Waals surface area contributed by atoms with Gasteiger partial charge in [0.15, 0.2) is 0 Å². The lowest BCUT2D eigenvalue weighted by Crippen LogP contribution is -2.12. The van der Waals surface area contributed by atoms with Crippen molar-refractivity contribution in [2.45, 2.75) is 11.3 Å². The molecule has 6 nitrogen and oxygen atoms in total. The maximum atomic E-state index is 12.9. The zero-order valence-corrected chi connectivity index (χ0v) is 14.8. The molecule has 0 fully saturated rings. The van der Waals surface area contributed by atoms with Crippen LogP contribution in [-0.4, -0.2) is 25.7 Å². The first kappa shape index (κ1) is 17.3. The highest BCUT2D eigenvalue weighted by molar-refractivity contribution is 7.93. The first-order chi connectivity index (χ1) is 12.0. The van der Waals surface area contributed by atoms with Crippen LogP contribution in [0.2, 0.25) is 0 Å². The minimum absolute atomic E-state index is 0.0409. The fraction of sp³-hybridized carbons (Fsp3) is 0.125. The third kappa shape index (κ3) is 4.31. The molecule has 25 heavy (non-hydrogen) atoms. The molecule has 0 saturated carbocycles. The standard InChI is InChI=1S/C16H14FN3O3S2/c1-23-13-6-2-11(3-7-13)10-15-18-19-16(24-15)20-25(21,22)14-8-4-12(17)5-9-14/h2-9H,10H2,1H3,(H,19,20). The molecule has 0 aliphatic rings. The van der Waals surface area contributed by atoms with Crippen molar-refractivity contribution in [1.29, 1.82) is 0 Å². The molecule has 0 aliphatic carbocycles. The predicted octanol–water partition coefficient (Wildman–Crippen LogP) is 3.08. The molecule has 0 bridgehead atoms. The van der Waals surface area contributed by atoms with Gasteiger partial charge in [-0.05, 0) is 42.0 Å². The summed E-state index contributed by atoms with van der Waals surface area (Å²) < 4.78 is 44.9. The lowest BCUT2D eigenvalue weighted by Gasteiger charge is -2.04. The normalized spacial score (nSPS) is 11.3. The molecule has 130 valence electrons. The molecular formula is C16H14FN3O3S2. The zero-order valence-electron chi connectivity index (χ0n) is 13.1. The van der Waals surface area contributed by atoms with E-state index in [9.17, 15) is 12.8 Å². The molecule has 0 aliphatic heterocycles. The van der Waals surface area contributed by atoms with Gasteiger partial charge >= 0.3 is 0 Å². The Bertz CT molecular complexity index is 955. The second-order valence-corrected chi connectivity index (χ2v) is 7.83. The zero-order chi connectivity index (χ0) is 17.9. The van der Waals surface area contributed by atoms with Gasteiger partial charge in [-0.25, -0.2) is 12.8 Å². The minimum atomic E-state index is -3.82. The highest BCUT2D eigenvalue weighted by atomic mass is 32.2. The Kier molecular flexibility index (Phi) is 4.95. The first-order valence-electron chi connectivity index (χ1n) is 7.20. The highest BCUT2D eigenvalue weighted by Gasteiger charge is 2.17. The van der Waals surface area contributed by atoms with E-state index in [4.69, 9.17) is 4.74 Å². The predicted molar refractivity (Wildman–Crippen MR) is 92.9 cm³/mol. The van der Waals surface area contributed by atoms with Gasteiger partial charge in [-0.15, -0.1) is 10.2 Å². The van der Waals surface area contributed by atoms with Crippen LogP contribution in [0.15, 0.2) is 53.4 Å². The van der Waals surface area contributed by atoms with Crippen molar-refractivity contribution >= 4 is 26.5 Å². The molecule has 3 aromatic rings. The number of halogens is 1. The Labute approximate surface area is 148 Å². The fourth-order valence-electron chi connectivity index (χ4n) is 2.07. The molecule has 0 spiro atoms. The van der Waals surface area contributed by atoms with E-state index in [0.717, 1.165) is 34.8 Å². The Balaban J connectivity index is 1.71. The summed E-state index contributed by atoms with van der Waals surface area (Å²) in [4.78, 5) is -0.0409. The van der Waals surface area contributed by atoms with Gasteiger partial charge in [0, 0.05) is 6.42 Å². The number of hydrogen-bond donors (Lipinski definition) is 1. The van der Waals surface area contributed by atoms with E-state index in [1.807, 2.05) is 24.3 Å². The number of hydrogen-bond acceptors (Lipinski definition) is 6. The topological polar surface area (TPSA) is 81.2 Å². The van der Waals surface area contributed by atoms with Gasteiger partial charge in [0.25, 0.3) is 10.0 Å². The van der Waals surface area contributed by atoms with Crippen LogP contribution in [0, 0.1) is 5.82 Å². The number of rotatable bonds is 6. The van der Waals surface area contributed by atoms with Crippen LogP contribution < -0.4 is 9.46 Å². The van der Waals surface area contributed by atoms with Gasteiger partial charge in [-0.3, -0.25) is 4.72 Å². The molecule has 0 radical (unpaired) electrons. The van der Waals surface area contributed by atoms with Gasteiger partial charge in [0.05, 0.1) is 12.0 Å². The minimum Gasteiger partial charge on any atom is -0.497 e. The molecular weight excluding hydrogens is 365 g/mol. The van der Waals surface area contributed by atoms with Crippen molar-refractivity contribution in [2.75, 3.05) is 11.8 Å². The van der Waals surface area contributed by atoms with Crippen molar-refractivity contribution < 1.29 is 17.5 Å². The summed E-state index contributed by atoms with van der Waals surface area (Å²) in [5.74, 6) is 0.255. The summed E-state index contributed by atoms with van der Waals surface area (Å²) >= 11 is 1.14. The van der Waals surface area contributed by atoms with Crippen LogP contribution in [-0.2, 0) is 16.4 Å². The molecule has 3 rings (SSSR count). The molecule has 0 unspecified atom stereocenters. The Morgan fingerprint density at radius 1 is 1.08 bits per heavy atom. The SMILES string of the molecule is COc1ccc(Cc2nnc(NS(=O)(=O)c3ccc(F)cc3)s2)cc1. The van der Waals surface area contributed by atoms with E-state index in [-0.39, 0.29) is 10.0 Å². The average molecular weight is 379 g/mol. The highest BCUT2D eigenvalue weighted by Crippen LogP contribution is 2.22. The summed E-state index contributed by atoms with van der Waals surface area (Å²) in [6.07, 6.45) is 0.528. The van der Waals surface area contributed by atoms with E-state index < -0.39 is 15.8 Å². The summed E-state index contributed by atoms with van der Waals surface area (Å²) in [5.41, 5.74) is 1.00. The molecule has 2 aromatic carbocycles. The fourth-order valence-corrected chi connectivity index (χ4v) is 4.08. The van der Waals surface area contributed by atoms with E-state index in [1.165, 1.54) is 12.1 Å². The van der Waals surface area contributed by atoms with Crippen LogP contribution >= 0.6 is 11.3 Å². The number of anilines is 1. The number of methoxy groups -OCH3 is 1. The lowest BCUT2D eigenvalue weighted by atomic mass is 10.1. The molecule has 1 N–H and O–H groups in total. The average Bonchev–Trinajstić information content (AvgIpc) is 3.02. The van der Waals surface area contributed by atoms with Crippen LogP contribution in [0.3, 0.4) is 0 Å². The van der Waals surface area contributed by atoms with Crippen LogP contribution in [0.25, 0.3) is 0 Å². The summed E-state index contributed by atoms with van der Waals surface area (Å²) in [7, 11) is -2.23. The first-order valence-corrected chi connectivity index (χ1v) is 9.50. The smallest absolute Gasteiger partial charge is 0.263 e. The van der Waals surface area contributed by atoms with E-state index in [2.05, 4.69) is 14.9 Å². The molecule has 0 amide bonds. The quantitative estimate of drug-likeness (QED) is 0.712. The van der Waals surface area contributed by atoms with Gasteiger partial charge in [0.2, 0.25) is 5.13 Å². The number of benzene rings is 2. The number of sulfonamides is 1. The maximum Gasteiger partial charge on any atom is 0.263 e. The van der Waals surface area contributed by atoms with Crippen LogP contribution in [0.5, 0.6) is 5.75 Å². The summed E-state index contributed by atoms with van der Waals surface area (Å²) in [6, 6.07) is 12.1. The largest absolute Gasteiger partial charge is 0.497 e. The molecule has 0 atom stereocenters. The molecule has 1 heterocycles. The van der Waals surface area contributed by atoms with E-state index in [1.54, 1.807) is 7.11 Å². The second kappa shape index (κ2) is 7.16. The van der Waals surface area contributed by atoms with Crippen molar-refractivity contribution in [2.24, 2.45) is 0 Å². The van der Waals surface area contributed by atoms with Gasteiger partial charge in [0.1, 0.15) is 16.6 Å². The Hall–Kier alpha value is -2.52. The second-order valence-electron chi connectivity index (χ2n) is 5.09. The molecule has 0 saturated heterocycles. The van der Waals surface area contributed by atoms with E-state index in [0.29, 0.717) is 11.4 Å². The Morgan fingerprint density at radius 3 is 2.40 bits per heavy atom. The Morgan fingerprint density at radius 2 is 1.76 bits per heavy atom. The van der Waals surface area contributed by atoms with Crippen molar-refractivity contribution in [3.8, 4) is 5.75 Å². The lowest BCUT2D eigenvalue weighted by molar-refractivity contribution is 0.414. The number of nitrogens with one attached hydrogen (secondary N) is 1. The van der Waals surface area contributed by atoms with Crippen LogP contribution in [0.1, 0.15) is 10.6 Å². The van der Waals surface area contributed by atoms with Crippen LogP contribution in [0.4, 0.5) is 9.52 Å². The summed E-state index contributed by atoms with van der Waals surface area (Å²) in [5, 5.41) is 8.68. The number of nitrogens with zero attached hydrogens (tertiary/aromatic N) is 2. The van der Waals surface area contributed by atoms with Crippen molar-refractivity contribution in [3.63, 3.8) is 0 Å². The van der Waals surface area contributed by atoms with Gasteiger partial charge in [-0.1, -0.05) is 23.5 Å². The van der Waals surface area contributed by atoms with Crippen molar-refractivity contribution in [3.05, 3.63) is 64.9 Å². The summed E-state index contributed by atoms with van der Waals surface area (Å²) in [6.45, 7) is 0. The number of ether oxygens (including phenoxy) is 1. The molecule has 9 heteroatoms. The molecule has 1 aromatic heterocycles. The number of aromatic nitrogens is 2. The maximum absolute atomic E-state index is 12.9. The third-order valence-electron chi connectivity index (χ3n) is 3.33. The van der Waals surface area contributed by atoms with Crippen molar-refractivity contribution in [1.82, 2.24) is 10.2 Å².